The molecule has 0 fully saturated rings. The maximum atomic E-state index is 6.74. The number of benzene rings is 9. The van der Waals surface area contributed by atoms with E-state index in [1.165, 1.54) is 27.3 Å². The van der Waals surface area contributed by atoms with Gasteiger partial charge in [0, 0.05) is 27.5 Å². The Morgan fingerprint density at radius 2 is 0.855 bits per heavy atom. The lowest BCUT2D eigenvalue weighted by Crippen LogP contribution is -2.00. The van der Waals surface area contributed by atoms with Crippen molar-refractivity contribution in [1.82, 2.24) is 15.0 Å². The van der Waals surface area contributed by atoms with E-state index in [4.69, 9.17) is 19.4 Å². The fraction of sp³-hybridized carbons (Fsp3) is 0. The molecule has 11 aromatic rings. The summed E-state index contributed by atoms with van der Waals surface area (Å²) in [5.41, 5.74) is 9.07. The van der Waals surface area contributed by atoms with Gasteiger partial charge in [-0.25, -0.2) is 15.0 Å². The van der Waals surface area contributed by atoms with Gasteiger partial charge >= 0.3 is 0 Å². The van der Waals surface area contributed by atoms with Crippen molar-refractivity contribution in [1.29, 1.82) is 0 Å². The second-order valence-corrected chi connectivity index (χ2v) is 14.0. The lowest BCUT2D eigenvalue weighted by molar-refractivity contribution is 0.669. The highest BCUT2D eigenvalue weighted by atomic mass is 16.3. The monoisotopic (exact) mass is 701 g/mol. The molecular weight excluding hydrogens is 671 g/mol. The molecule has 4 heteroatoms. The molecule has 0 atom stereocenters. The van der Waals surface area contributed by atoms with Crippen molar-refractivity contribution in [3.8, 4) is 56.4 Å². The molecule has 0 aliphatic rings. The van der Waals surface area contributed by atoms with Crippen LogP contribution in [0.25, 0.3) is 111 Å². The van der Waals surface area contributed by atoms with E-state index >= 15 is 0 Å². The van der Waals surface area contributed by atoms with E-state index in [-0.39, 0.29) is 0 Å². The molecule has 0 amide bonds. The van der Waals surface area contributed by atoms with Crippen molar-refractivity contribution >= 4 is 54.3 Å². The van der Waals surface area contributed by atoms with Crippen LogP contribution in [0.5, 0.6) is 0 Å². The van der Waals surface area contributed by atoms with E-state index in [0.717, 1.165) is 65.9 Å². The molecule has 4 nitrogen and oxygen atoms in total. The van der Waals surface area contributed by atoms with E-state index in [9.17, 15) is 0 Å². The first-order valence-electron chi connectivity index (χ1n) is 18.5. The second-order valence-electron chi connectivity index (χ2n) is 14.0. The largest absolute Gasteiger partial charge is 0.456 e. The summed E-state index contributed by atoms with van der Waals surface area (Å²) in [7, 11) is 0. The highest BCUT2D eigenvalue weighted by Gasteiger charge is 2.21. The van der Waals surface area contributed by atoms with Gasteiger partial charge in [0.25, 0.3) is 0 Å². The number of hydrogen-bond acceptors (Lipinski definition) is 4. The summed E-state index contributed by atoms with van der Waals surface area (Å²) in [5, 5.41) is 9.02. The van der Waals surface area contributed by atoms with Gasteiger partial charge in [0.05, 0.1) is 0 Å². The summed E-state index contributed by atoms with van der Waals surface area (Å²) in [6.45, 7) is 0. The molecule has 0 aliphatic carbocycles. The minimum Gasteiger partial charge on any atom is -0.456 e. The normalized spacial score (nSPS) is 11.6. The van der Waals surface area contributed by atoms with Crippen LogP contribution in [0.15, 0.2) is 192 Å². The molecule has 0 saturated carbocycles. The van der Waals surface area contributed by atoms with Crippen molar-refractivity contribution in [2.24, 2.45) is 0 Å². The van der Waals surface area contributed by atoms with Crippen LogP contribution in [0.3, 0.4) is 0 Å². The molecule has 2 aromatic heterocycles. The third-order valence-electron chi connectivity index (χ3n) is 10.7. The fourth-order valence-electron chi connectivity index (χ4n) is 8.00. The van der Waals surface area contributed by atoms with Gasteiger partial charge in [-0.15, -0.1) is 0 Å². The molecule has 0 spiro atoms. The molecular formula is C51H31N3O. The van der Waals surface area contributed by atoms with E-state index in [0.29, 0.717) is 17.5 Å². The van der Waals surface area contributed by atoms with Crippen LogP contribution in [0.2, 0.25) is 0 Å². The van der Waals surface area contributed by atoms with Crippen LogP contribution in [0.1, 0.15) is 0 Å². The number of rotatable bonds is 5. The standard InChI is InChI=1S/C51H31N3O/c1-3-12-32(13-4-1)36-23-24-38-29-39(26-25-37(38)28-36)44-31-46-47(42-19-10-9-18-41(42)44)48-43(20-11-21-45(48)55-46)51-53-49(34-15-5-2-6-16-34)52-50(54-51)40-27-22-33-14-7-8-17-35(33)30-40/h1-31H. The van der Waals surface area contributed by atoms with Crippen molar-refractivity contribution in [2.45, 2.75) is 0 Å². The molecule has 0 radical (unpaired) electrons. The number of fused-ring (bicyclic) bond motifs is 7. The molecule has 0 bridgehead atoms. The van der Waals surface area contributed by atoms with E-state index in [1.54, 1.807) is 0 Å². The third-order valence-corrected chi connectivity index (χ3v) is 10.7. The van der Waals surface area contributed by atoms with Crippen LogP contribution in [0, 0.1) is 0 Å². The molecule has 11 rings (SSSR count). The minimum atomic E-state index is 0.600. The maximum absolute atomic E-state index is 6.74. The van der Waals surface area contributed by atoms with Crippen molar-refractivity contribution in [2.75, 3.05) is 0 Å². The number of aromatic nitrogens is 3. The van der Waals surface area contributed by atoms with Crippen LogP contribution < -0.4 is 0 Å². The number of hydrogen-bond donors (Lipinski definition) is 0. The zero-order valence-electron chi connectivity index (χ0n) is 29.6. The SMILES string of the molecule is c1ccc(-c2ccc3cc(-c4cc5oc6cccc(-c7nc(-c8ccccc8)nc(-c8ccc9ccccc9c8)n7)c6c5c5ccccc45)ccc3c2)cc1. The van der Waals surface area contributed by atoms with Crippen molar-refractivity contribution in [3.63, 3.8) is 0 Å². The molecule has 9 aromatic carbocycles. The lowest BCUT2D eigenvalue weighted by atomic mass is 9.92. The Morgan fingerprint density at radius 3 is 1.65 bits per heavy atom. The third kappa shape index (κ3) is 5.34. The van der Waals surface area contributed by atoms with E-state index < -0.39 is 0 Å². The Kier molecular flexibility index (Phi) is 7.14. The van der Waals surface area contributed by atoms with Crippen molar-refractivity contribution < 1.29 is 4.42 Å². The molecule has 0 aliphatic heterocycles. The van der Waals surface area contributed by atoms with Gasteiger partial charge in [0.1, 0.15) is 11.2 Å². The summed E-state index contributed by atoms with van der Waals surface area (Å²) >= 11 is 0. The predicted molar refractivity (Wildman–Crippen MR) is 227 cm³/mol. The molecule has 2 heterocycles. The van der Waals surface area contributed by atoms with Gasteiger partial charge in [0.2, 0.25) is 0 Å². The molecule has 55 heavy (non-hydrogen) atoms. The Hall–Kier alpha value is -7.43. The summed E-state index contributed by atoms with van der Waals surface area (Å²) in [6.07, 6.45) is 0. The summed E-state index contributed by atoms with van der Waals surface area (Å²) < 4.78 is 6.74. The van der Waals surface area contributed by atoms with Crippen LogP contribution in [-0.4, -0.2) is 15.0 Å². The average molecular weight is 702 g/mol. The van der Waals surface area contributed by atoms with Gasteiger partial charge in [0.15, 0.2) is 17.5 Å². The zero-order valence-corrected chi connectivity index (χ0v) is 29.6. The first-order valence-corrected chi connectivity index (χ1v) is 18.5. The van der Waals surface area contributed by atoms with Crippen molar-refractivity contribution in [3.05, 3.63) is 188 Å². The highest BCUT2D eigenvalue weighted by molar-refractivity contribution is 6.25. The van der Waals surface area contributed by atoms with Gasteiger partial charge in [-0.1, -0.05) is 158 Å². The van der Waals surface area contributed by atoms with Crippen LogP contribution in [0.4, 0.5) is 0 Å². The quantitative estimate of drug-likeness (QED) is 0.179. The number of nitrogens with zero attached hydrogens (tertiary/aromatic N) is 3. The zero-order chi connectivity index (χ0) is 36.3. The van der Waals surface area contributed by atoms with Gasteiger partial charge in [-0.2, -0.15) is 0 Å². The predicted octanol–water partition coefficient (Wildman–Crippen LogP) is 13.6. The van der Waals surface area contributed by atoms with E-state index in [1.807, 2.05) is 42.5 Å². The Morgan fingerprint density at radius 1 is 0.291 bits per heavy atom. The van der Waals surface area contributed by atoms with Gasteiger partial charge < -0.3 is 4.42 Å². The van der Waals surface area contributed by atoms with Gasteiger partial charge in [-0.05, 0) is 84.9 Å². The maximum Gasteiger partial charge on any atom is 0.164 e. The minimum absolute atomic E-state index is 0.600. The molecule has 0 N–H and O–H groups in total. The summed E-state index contributed by atoms with van der Waals surface area (Å²) in [4.78, 5) is 15.3. The Bertz CT molecular complexity index is 3260. The second kappa shape index (κ2) is 12.6. The van der Waals surface area contributed by atoms with Crippen LogP contribution >= 0.6 is 0 Å². The van der Waals surface area contributed by atoms with Gasteiger partial charge in [-0.3, -0.25) is 0 Å². The highest BCUT2D eigenvalue weighted by Crippen LogP contribution is 2.44. The Balaban J connectivity index is 1.10. The smallest absolute Gasteiger partial charge is 0.164 e. The first-order chi connectivity index (χ1) is 27.2. The molecule has 256 valence electrons. The molecule has 0 unspecified atom stereocenters. The lowest BCUT2D eigenvalue weighted by Gasteiger charge is -2.12. The number of furan rings is 1. The first kappa shape index (κ1) is 31.1. The molecule has 0 saturated heterocycles. The fourth-order valence-corrected chi connectivity index (χ4v) is 8.00. The average Bonchev–Trinajstić information content (AvgIpc) is 3.65. The van der Waals surface area contributed by atoms with Crippen LogP contribution in [-0.2, 0) is 0 Å². The van der Waals surface area contributed by atoms with E-state index in [2.05, 4.69) is 146 Å². The Labute approximate surface area is 317 Å². The summed E-state index contributed by atoms with van der Waals surface area (Å²) in [5.74, 6) is 1.85. The summed E-state index contributed by atoms with van der Waals surface area (Å²) in [6, 6.07) is 65.8. The topological polar surface area (TPSA) is 51.8 Å².